The average Bonchev–Trinajstić information content (AvgIpc) is 2.99. The van der Waals surface area contributed by atoms with Gasteiger partial charge in [-0.05, 0) is 17.4 Å². The molecule has 0 aliphatic heterocycles. The molecule has 1 unspecified atom stereocenters. The van der Waals surface area contributed by atoms with E-state index in [1.54, 1.807) is 0 Å². The van der Waals surface area contributed by atoms with Gasteiger partial charge in [0.15, 0.2) is 0 Å². The molecule has 0 bridgehead atoms. The first-order valence-corrected chi connectivity index (χ1v) is 6.47. The van der Waals surface area contributed by atoms with Crippen molar-refractivity contribution in [3.63, 3.8) is 0 Å². The lowest BCUT2D eigenvalue weighted by Gasteiger charge is -2.15. The maximum Gasteiger partial charge on any atom is 0.326 e. The zero-order valence-electron chi connectivity index (χ0n) is 11.2. The molecule has 0 radical (unpaired) electrons. The van der Waals surface area contributed by atoms with Gasteiger partial charge in [0.2, 0.25) is 5.91 Å². The fraction of sp³-hybridized carbons (Fsp3) is 0.467. The first kappa shape index (κ1) is 13.6. The van der Waals surface area contributed by atoms with E-state index in [9.17, 15) is 14.7 Å². The number of benzene rings is 1. The summed E-state index contributed by atoms with van der Waals surface area (Å²) in [5, 5.41) is 11.8. The van der Waals surface area contributed by atoms with Crippen LogP contribution < -0.4 is 5.32 Å². The summed E-state index contributed by atoms with van der Waals surface area (Å²) in [6, 6.07) is 8.48. The summed E-state index contributed by atoms with van der Waals surface area (Å²) in [7, 11) is 0. The fourth-order valence-electron chi connectivity index (χ4n) is 2.24. The van der Waals surface area contributed by atoms with Gasteiger partial charge in [0.05, 0.1) is 0 Å². The van der Waals surface area contributed by atoms with Crippen molar-refractivity contribution < 1.29 is 14.7 Å². The molecule has 0 saturated heterocycles. The van der Waals surface area contributed by atoms with E-state index in [1.165, 1.54) is 0 Å². The van der Waals surface area contributed by atoms with Crippen LogP contribution in [0.25, 0.3) is 0 Å². The van der Waals surface area contributed by atoms with Gasteiger partial charge in [-0.15, -0.1) is 0 Å². The van der Waals surface area contributed by atoms with Gasteiger partial charge in [0.1, 0.15) is 6.04 Å². The molecule has 4 nitrogen and oxygen atoms in total. The molecule has 19 heavy (non-hydrogen) atoms. The molecule has 1 aliphatic carbocycles. The Morgan fingerprint density at radius 3 is 2.42 bits per heavy atom. The van der Waals surface area contributed by atoms with E-state index >= 15 is 0 Å². The number of carbonyl (C=O) groups excluding carboxylic acids is 1. The van der Waals surface area contributed by atoms with Crippen LogP contribution in [-0.4, -0.2) is 23.0 Å². The number of amides is 1. The van der Waals surface area contributed by atoms with Crippen molar-refractivity contribution in [2.75, 3.05) is 0 Å². The van der Waals surface area contributed by atoms with Crippen LogP contribution in [0, 0.1) is 11.3 Å². The fourth-order valence-corrected chi connectivity index (χ4v) is 2.24. The predicted molar refractivity (Wildman–Crippen MR) is 71.6 cm³/mol. The van der Waals surface area contributed by atoms with Gasteiger partial charge >= 0.3 is 5.97 Å². The Morgan fingerprint density at radius 2 is 1.95 bits per heavy atom. The van der Waals surface area contributed by atoms with Crippen LogP contribution in [0.5, 0.6) is 0 Å². The molecule has 1 aromatic carbocycles. The van der Waals surface area contributed by atoms with Gasteiger partial charge in [-0.2, -0.15) is 0 Å². The van der Waals surface area contributed by atoms with Crippen LogP contribution in [0.15, 0.2) is 30.3 Å². The number of rotatable bonds is 5. The van der Waals surface area contributed by atoms with E-state index in [1.807, 2.05) is 44.2 Å². The van der Waals surface area contributed by atoms with Crippen LogP contribution in [0.2, 0.25) is 0 Å². The summed E-state index contributed by atoms with van der Waals surface area (Å²) in [6.07, 6.45) is 1.14. The Labute approximate surface area is 112 Å². The van der Waals surface area contributed by atoms with Crippen LogP contribution in [-0.2, 0) is 16.0 Å². The lowest BCUT2D eigenvalue weighted by molar-refractivity contribution is -0.142. The third-order valence-corrected chi connectivity index (χ3v) is 3.73. The van der Waals surface area contributed by atoms with E-state index in [4.69, 9.17) is 0 Å². The minimum absolute atomic E-state index is 0.0138. The van der Waals surface area contributed by atoms with Crippen molar-refractivity contribution in [1.29, 1.82) is 0 Å². The second-order valence-corrected chi connectivity index (χ2v) is 5.83. The summed E-state index contributed by atoms with van der Waals surface area (Å²) < 4.78 is 0. The van der Waals surface area contributed by atoms with Gasteiger partial charge in [-0.25, -0.2) is 4.79 Å². The Bertz CT molecular complexity index is 481. The Morgan fingerprint density at radius 1 is 1.37 bits per heavy atom. The smallest absolute Gasteiger partial charge is 0.326 e. The molecule has 1 saturated carbocycles. The largest absolute Gasteiger partial charge is 0.480 e. The lowest BCUT2D eigenvalue weighted by atomic mass is 10.0. The zero-order chi connectivity index (χ0) is 14.0. The number of hydrogen-bond donors (Lipinski definition) is 2. The highest BCUT2D eigenvalue weighted by Gasteiger charge is 2.51. The SMILES string of the molecule is CC1(C)C[C@@H]1C(=O)NC(Cc1ccccc1)C(=O)O. The van der Waals surface area contributed by atoms with Crippen molar-refractivity contribution in [3.8, 4) is 0 Å². The molecule has 1 amide bonds. The van der Waals surface area contributed by atoms with Crippen LogP contribution in [0.3, 0.4) is 0 Å². The van der Waals surface area contributed by atoms with Gasteiger partial charge < -0.3 is 10.4 Å². The second-order valence-electron chi connectivity index (χ2n) is 5.83. The van der Waals surface area contributed by atoms with E-state index in [-0.39, 0.29) is 17.2 Å². The summed E-state index contributed by atoms with van der Waals surface area (Å²) in [6.45, 7) is 4.04. The van der Waals surface area contributed by atoms with Crippen molar-refractivity contribution in [1.82, 2.24) is 5.32 Å². The standard InChI is InChI=1S/C15H19NO3/c1-15(2)9-11(15)13(17)16-12(14(18)19)8-10-6-4-3-5-7-10/h3-7,11-12H,8-9H2,1-2H3,(H,16,17)(H,18,19)/t11-,12?/m1/s1. The Hall–Kier alpha value is -1.84. The molecule has 0 aromatic heterocycles. The molecule has 1 fully saturated rings. The maximum atomic E-state index is 12.0. The topological polar surface area (TPSA) is 66.4 Å². The first-order valence-electron chi connectivity index (χ1n) is 6.47. The molecular weight excluding hydrogens is 242 g/mol. The third kappa shape index (κ3) is 3.34. The third-order valence-electron chi connectivity index (χ3n) is 3.73. The number of carbonyl (C=O) groups is 2. The zero-order valence-corrected chi connectivity index (χ0v) is 11.2. The molecule has 1 aromatic rings. The number of nitrogens with one attached hydrogen (secondary N) is 1. The minimum Gasteiger partial charge on any atom is -0.480 e. The molecule has 1 aliphatic rings. The van der Waals surface area contributed by atoms with E-state index < -0.39 is 12.0 Å². The second kappa shape index (κ2) is 5.03. The van der Waals surface area contributed by atoms with Crippen molar-refractivity contribution in [2.24, 2.45) is 11.3 Å². The number of hydrogen-bond acceptors (Lipinski definition) is 2. The summed E-state index contributed by atoms with van der Waals surface area (Å²) in [5.41, 5.74) is 0.921. The Kier molecular flexibility index (Phi) is 3.60. The number of aliphatic carboxylic acids is 1. The normalized spacial score (nSPS) is 21.5. The van der Waals surface area contributed by atoms with Crippen LogP contribution in [0.1, 0.15) is 25.8 Å². The predicted octanol–water partition coefficient (Wildman–Crippen LogP) is 1.84. The molecule has 2 rings (SSSR count). The molecule has 102 valence electrons. The van der Waals surface area contributed by atoms with Gasteiger partial charge in [0, 0.05) is 12.3 Å². The summed E-state index contributed by atoms with van der Waals surface area (Å²) in [5.74, 6) is -1.19. The summed E-state index contributed by atoms with van der Waals surface area (Å²) >= 11 is 0. The van der Waals surface area contributed by atoms with Gasteiger partial charge in [-0.3, -0.25) is 4.79 Å². The van der Waals surface area contributed by atoms with Crippen molar-refractivity contribution in [3.05, 3.63) is 35.9 Å². The van der Waals surface area contributed by atoms with Crippen molar-refractivity contribution >= 4 is 11.9 Å². The Balaban J connectivity index is 1.98. The highest BCUT2D eigenvalue weighted by molar-refractivity contribution is 5.87. The van der Waals surface area contributed by atoms with E-state index in [0.29, 0.717) is 6.42 Å². The van der Waals surface area contributed by atoms with E-state index in [2.05, 4.69) is 5.32 Å². The molecule has 0 spiro atoms. The lowest BCUT2D eigenvalue weighted by Crippen LogP contribution is -2.43. The monoisotopic (exact) mass is 261 g/mol. The van der Waals surface area contributed by atoms with Gasteiger partial charge in [0.25, 0.3) is 0 Å². The van der Waals surface area contributed by atoms with Crippen molar-refractivity contribution in [2.45, 2.75) is 32.7 Å². The molecule has 0 heterocycles. The minimum atomic E-state index is -0.990. The first-order chi connectivity index (χ1) is 8.90. The quantitative estimate of drug-likeness (QED) is 0.850. The highest BCUT2D eigenvalue weighted by Crippen LogP contribution is 2.51. The highest BCUT2D eigenvalue weighted by atomic mass is 16.4. The number of carboxylic acids is 1. The van der Waals surface area contributed by atoms with Crippen LogP contribution >= 0.6 is 0 Å². The number of carboxylic acid groups (broad SMARTS) is 1. The molecule has 2 atom stereocenters. The molecule has 2 N–H and O–H groups in total. The average molecular weight is 261 g/mol. The van der Waals surface area contributed by atoms with Gasteiger partial charge in [-0.1, -0.05) is 44.2 Å². The van der Waals surface area contributed by atoms with E-state index in [0.717, 1.165) is 12.0 Å². The molecular formula is C15H19NO3. The maximum absolute atomic E-state index is 12.0. The summed E-state index contributed by atoms with van der Waals surface area (Å²) in [4.78, 5) is 23.2. The molecule has 4 heteroatoms. The van der Waals surface area contributed by atoms with Crippen LogP contribution in [0.4, 0.5) is 0 Å².